The zero-order chi connectivity index (χ0) is 16.8. The first-order valence-corrected chi connectivity index (χ1v) is 10.8. The maximum absolute atomic E-state index is 6.03. The molecule has 4 saturated heterocycles. The Bertz CT molecular complexity index is 487. The molecule has 12 atom stereocenters. The lowest BCUT2D eigenvalue weighted by Crippen LogP contribution is -2.26. The van der Waals surface area contributed by atoms with Crippen molar-refractivity contribution in [3.05, 3.63) is 0 Å². The van der Waals surface area contributed by atoms with Crippen LogP contribution in [0.3, 0.4) is 0 Å². The van der Waals surface area contributed by atoms with E-state index >= 15 is 0 Å². The molecule has 26 heavy (non-hydrogen) atoms. The molecular weight excluding hydrogens is 336 g/mol. The fraction of sp³-hybridized carbons (Fsp3) is 1.00. The van der Waals surface area contributed by atoms with Crippen LogP contribution < -0.4 is 0 Å². The van der Waals surface area contributed by atoms with Gasteiger partial charge < -0.3 is 28.4 Å². The minimum Gasteiger partial charge on any atom is -0.369 e. The molecule has 0 aromatic carbocycles. The highest BCUT2D eigenvalue weighted by Gasteiger charge is 2.57. The molecule has 6 heteroatoms. The van der Waals surface area contributed by atoms with Crippen LogP contribution >= 0.6 is 0 Å². The number of hydrogen-bond acceptors (Lipinski definition) is 6. The highest BCUT2D eigenvalue weighted by Crippen LogP contribution is 2.46. The summed E-state index contributed by atoms with van der Waals surface area (Å²) >= 11 is 0. The molecular formula is C20H28O6. The molecule has 0 aromatic rings. The van der Waals surface area contributed by atoms with Gasteiger partial charge in [-0.05, 0) is 51.4 Å². The topological polar surface area (TPSA) is 68.6 Å². The highest BCUT2D eigenvalue weighted by molar-refractivity contribution is 5.04. The Kier molecular flexibility index (Phi) is 3.40. The van der Waals surface area contributed by atoms with E-state index in [9.17, 15) is 0 Å². The van der Waals surface area contributed by atoms with Crippen molar-refractivity contribution in [2.75, 3.05) is 0 Å². The summed E-state index contributed by atoms with van der Waals surface area (Å²) in [6.45, 7) is 0. The number of rotatable bonds is 4. The molecule has 0 amide bonds. The predicted molar refractivity (Wildman–Crippen MR) is 88.9 cm³/mol. The summed E-state index contributed by atoms with van der Waals surface area (Å²) in [6.07, 6.45) is 15.1. The fourth-order valence-corrected chi connectivity index (χ4v) is 5.87. The summed E-state index contributed by atoms with van der Waals surface area (Å²) in [5.74, 6) is 0. The molecule has 8 fully saturated rings. The minimum absolute atomic E-state index is 0.387. The fourth-order valence-electron chi connectivity index (χ4n) is 5.87. The Morgan fingerprint density at radius 2 is 0.654 bits per heavy atom. The molecule has 6 nitrogen and oxygen atoms in total. The van der Waals surface area contributed by atoms with Gasteiger partial charge in [0.2, 0.25) is 0 Å². The van der Waals surface area contributed by atoms with Gasteiger partial charge >= 0.3 is 0 Å². The Morgan fingerprint density at radius 1 is 0.385 bits per heavy atom. The van der Waals surface area contributed by atoms with E-state index in [1.54, 1.807) is 0 Å². The van der Waals surface area contributed by atoms with Gasteiger partial charge in [-0.15, -0.1) is 0 Å². The van der Waals surface area contributed by atoms with Crippen molar-refractivity contribution in [3.8, 4) is 0 Å². The number of epoxide rings is 4. The van der Waals surface area contributed by atoms with Crippen LogP contribution in [0.2, 0.25) is 0 Å². The third kappa shape index (κ3) is 2.68. The zero-order valence-corrected chi connectivity index (χ0v) is 15.0. The zero-order valence-electron chi connectivity index (χ0n) is 15.0. The first-order valence-electron chi connectivity index (χ1n) is 10.8. The number of fused-ring (bicyclic) bond motifs is 4. The van der Waals surface area contributed by atoms with Gasteiger partial charge in [0.1, 0.15) is 24.4 Å². The first kappa shape index (κ1) is 15.7. The molecule has 0 spiro atoms. The van der Waals surface area contributed by atoms with Crippen LogP contribution in [0.4, 0.5) is 0 Å². The van der Waals surface area contributed by atoms with Crippen LogP contribution in [0.5, 0.6) is 0 Å². The van der Waals surface area contributed by atoms with Crippen LogP contribution in [0, 0.1) is 0 Å². The van der Waals surface area contributed by atoms with E-state index < -0.39 is 0 Å². The summed E-state index contributed by atoms with van der Waals surface area (Å²) in [5.41, 5.74) is 0. The second-order valence-electron chi connectivity index (χ2n) is 9.29. The molecule has 8 rings (SSSR count). The van der Waals surface area contributed by atoms with Crippen molar-refractivity contribution >= 4 is 0 Å². The summed E-state index contributed by atoms with van der Waals surface area (Å²) in [5, 5.41) is 0. The van der Waals surface area contributed by atoms with Crippen molar-refractivity contribution in [2.45, 2.75) is 125 Å². The minimum atomic E-state index is 0.387. The smallest absolute Gasteiger partial charge is 0.110 e. The largest absolute Gasteiger partial charge is 0.369 e. The van der Waals surface area contributed by atoms with Crippen molar-refractivity contribution in [1.29, 1.82) is 0 Å². The van der Waals surface area contributed by atoms with Crippen LogP contribution in [0.1, 0.15) is 51.4 Å². The second kappa shape index (κ2) is 5.65. The monoisotopic (exact) mass is 364 g/mol. The van der Waals surface area contributed by atoms with E-state index in [0.717, 1.165) is 0 Å². The van der Waals surface area contributed by atoms with E-state index in [1.165, 1.54) is 51.4 Å². The van der Waals surface area contributed by atoms with Gasteiger partial charge in [0.25, 0.3) is 0 Å². The second-order valence-corrected chi connectivity index (χ2v) is 9.29. The Labute approximate surface area is 153 Å². The third-order valence-electron chi connectivity index (χ3n) is 7.59. The standard InChI is InChI=1S/2C10H14O3/c2*1-3-7-9(12-7)5(1)11-6-2-4-8-10(6)13-8/h2*5-10H,1-4H2. The van der Waals surface area contributed by atoms with Gasteiger partial charge in [-0.25, -0.2) is 0 Å². The van der Waals surface area contributed by atoms with E-state index in [0.29, 0.717) is 73.2 Å². The average molecular weight is 364 g/mol. The Hall–Kier alpha value is -0.240. The van der Waals surface area contributed by atoms with Crippen LogP contribution in [-0.2, 0) is 28.4 Å². The van der Waals surface area contributed by atoms with Crippen LogP contribution in [-0.4, -0.2) is 73.2 Å². The lowest BCUT2D eigenvalue weighted by molar-refractivity contribution is -0.0433. The molecule has 144 valence electrons. The normalized spacial score (nSPS) is 61.8. The maximum atomic E-state index is 6.03. The van der Waals surface area contributed by atoms with Gasteiger partial charge in [-0.3, -0.25) is 0 Å². The third-order valence-corrected chi connectivity index (χ3v) is 7.59. The summed E-state index contributed by atoms with van der Waals surface area (Å²) in [7, 11) is 0. The van der Waals surface area contributed by atoms with Gasteiger partial charge in [0, 0.05) is 0 Å². The predicted octanol–water partition coefficient (Wildman–Crippen LogP) is 1.73. The van der Waals surface area contributed by atoms with Gasteiger partial charge in [0.15, 0.2) is 0 Å². The molecule has 0 N–H and O–H groups in total. The Morgan fingerprint density at radius 3 is 0.808 bits per heavy atom. The van der Waals surface area contributed by atoms with Crippen LogP contribution in [0.25, 0.3) is 0 Å². The van der Waals surface area contributed by atoms with E-state index in [-0.39, 0.29) is 0 Å². The quantitative estimate of drug-likeness (QED) is 0.708. The van der Waals surface area contributed by atoms with Crippen molar-refractivity contribution in [3.63, 3.8) is 0 Å². The lowest BCUT2D eigenvalue weighted by atomic mass is 10.2. The maximum Gasteiger partial charge on any atom is 0.110 e. The molecule has 0 radical (unpaired) electrons. The van der Waals surface area contributed by atoms with Crippen molar-refractivity contribution in [1.82, 2.24) is 0 Å². The van der Waals surface area contributed by atoms with Crippen molar-refractivity contribution < 1.29 is 28.4 Å². The molecule has 8 aliphatic rings. The summed E-state index contributed by atoms with van der Waals surface area (Å²) in [6, 6.07) is 0. The summed E-state index contributed by atoms with van der Waals surface area (Å²) < 4.78 is 33.9. The molecule has 4 saturated carbocycles. The molecule has 0 bridgehead atoms. The Balaban J connectivity index is 0.0000000985. The van der Waals surface area contributed by atoms with E-state index in [4.69, 9.17) is 28.4 Å². The lowest BCUT2D eigenvalue weighted by Gasteiger charge is -2.18. The first-order chi connectivity index (χ1) is 12.8. The molecule has 4 heterocycles. The van der Waals surface area contributed by atoms with Gasteiger partial charge in [0.05, 0.1) is 48.8 Å². The summed E-state index contributed by atoms with van der Waals surface area (Å²) in [4.78, 5) is 0. The van der Waals surface area contributed by atoms with Gasteiger partial charge in [-0.2, -0.15) is 0 Å². The molecule has 0 aromatic heterocycles. The van der Waals surface area contributed by atoms with E-state index in [1.807, 2.05) is 0 Å². The van der Waals surface area contributed by atoms with E-state index in [2.05, 4.69) is 0 Å². The van der Waals surface area contributed by atoms with Crippen LogP contribution in [0.15, 0.2) is 0 Å². The SMILES string of the molecule is C1CC2OC2C1OC1CCC2OC12.C1CC2OC2C1OC1CCC2OC12. The molecule has 12 unspecified atom stereocenters. The number of hydrogen-bond donors (Lipinski definition) is 0. The highest BCUT2D eigenvalue weighted by atomic mass is 16.7. The van der Waals surface area contributed by atoms with Crippen molar-refractivity contribution in [2.24, 2.45) is 0 Å². The average Bonchev–Trinajstić information content (AvgIpc) is 3.59. The molecule has 4 aliphatic heterocycles. The number of ether oxygens (including phenoxy) is 6. The van der Waals surface area contributed by atoms with Gasteiger partial charge in [-0.1, -0.05) is 0 Å². The molecule has 4 aliphatic carbocycles.